The van der Waals surface area contributed by atoms with Crippen molar-refractivity contribution in [3.8, 4) is 67.6 Å². The Bertz CT molecular complexity index is 5500. The predicted octanol–water partition coefficient (Wildman–Crippen LogP) is 25.4. The van der Waals surface area contributed by atoms with E-state index < -0.39 is 0 Å². The molecule has 466 valence electrons. The fraction of sp³-hybridized carbons (Fsp3) is 0.0989. The fourth-order valence-electron chi connectivity index (χ4n) is 13.7. The number of fused-ring (bicyclic) bond motifs is 6. The van der Waals surface area contributed by atoms with Crippen molar-refractivity contribution in [3.05, 3.63) is 343 Å². The molecule has 0 aliphatic heterocycles. The Labute approximate surface area is 567 Å². The highest BCUT2D eigenvalue weighted by Gasteiger charge is 2.20. The third kappa shape index (κ3) is 12.5. The quantitative estimate of drug-likeness (QED) is 0.118. The summed E-state index contributed by atoms with van der Waals surface area (Å²) in [6.45, 7) is 8.77. The van der Waals surface area contributed by atoms with Crippen LogP contribution in [-0.4, -0.2) is 20.8 Å². The predicted molar refractivity (Wildman–Crippen MR) is 412 cm³/mol. The molecule has 17 rings (SSSR count). The average Bonchev–Trinajstić information content (AvgIpc) is 1.60. The maximum atomic E-state index is 5.47. The third-order valence-corrected chi connectivity index (χ3v) is 20.0. The van der Waals surface area contributed by atoms with Crippen molar-refractivity contribution in [3.63, 3.8) is 0 Å². The van der Waals surface area contributed by atoms with Gasteiger partial charge in [-0.3, -0.25) is 0 Å². The Balaban J connectivity index is 0.000000141. The topological polar surface area (TPSA) is 24.0 Å². The Kier molecular flexibility index (Phi) is 17.1. The highest BCUT2D eigenvalue weighted by Crippen LogP contribution is 2.41. The minimum absolute atomic E-state index is 0.763. The first-order valence-electron chi connectivity index (χ1n) is 33.4. The lowest BCUT2D eigenvalue weighted by Gasteiger charge is -2.15. The largest absolute Gasteiger partial charge is 0.497 e. The van der Waals surface area contributed by atoms with Crippen LogP contribution in [0.2, 0.25) is 0 Å². The molecule has 15 aromatic rings. The van der Waals surface area contributed by atoms with Gasteiger partial charge in [0.25, 0.3) is 0 Å². The molecule has 4 nitrogen and oxygen atoms in total. The molecule has 2 aliphatic carbocycles. The van der Waals surface area contributed by atoms with Gasteiger partial charge in [-0.1, -0.05) is 237 Å². The van der Waals surface area contributed by atoms with Crippen molar-refractivity contribution in [2.45, 2.75) is 47.0 Å². The summed E-state index contributed by atoms with van der Waals surface area (Å²) in [7, 11) is 1.71. The molecular formula is C91H75N3OS. The molecule has 0 bridgehead atoms. The Morgan fingerprint density at radius 1 is 0.438 bits per heavy atom. The summed E-state index contributed by atoms with van der Waals surface area (Å²) < 4.78 is 15.3. The number of aromatic nitrogens is 3. The first kappa shape index (κ1) is 61.0. The number of methoxy groups -OCH3 is 1. The molecule has 0 spiro atoms. The van der Waals surface area contributed by atoms with Crippen LogP contribution in [-0.2, 0) is 0 Å². The van der Waals surface area contributed by atoms with Gasteiger partial charge in [-0.05, 0) is 204 Å². The van der Waals surface area contributed by atoms with Crippen LogP contribution in [0.1, 0.15) is 62.4 Å². The van der Waals surface area contributed by atoms with E-state index in [0.29, 0.717) is 0 Å². The molecule has 0 saturated carbocycles. The monoisotopic (exact) mass is 1260 g/mol. The minimum atomic E-state index is 0.763. The molecule has 0 amide bonds. The van der Waals surface area contributed by atoms with E-state index in [4.69, 9.17) is 4.74 Å². The van der Waals surface area contributed by atoms with Gasteiger partial charge in [-0.25, -0.2) is 0 Å². The summed E-state index contributed by atoms with van der Waals surface area (Å²) in [4.78, 5) is 0. The first-order valence-corrected chi connectivity index (χ1v) is 34.3. The van der Waals surface area contributed by atoms with E-state index >= 15 is 0 Å². The highest BCUT2D eigenvalue weighted by molar-refractivity contribution is 7.25. The second kappa shape index (κ2) is 27.0. The first-order chi connectivity index (χ1) is 47.2. The van der Waals surface area contributed by atoms with Gasteiger partial charge in [-0.15, -0.1) is 11.3 Å². The number of rotatable bonds is 11. The summed E-state index contributed by atoms with van der Waals surface area (Å²) in [5.41, 5.74) is 25.6. The highest BCUT2D eigenvalue weighted by atomic mass is 32.1. The van der Waals surface area contributed by atoms with Gasteiger partial charge in [0.1, 0.15) is 5.75 Å². The second-order valence-corrected chi connectivity index (χ2v) is 26.5. The van der Waals surface area contributed by atoms with E-state index in [2.05, 4.69) is 351 Å². The van der Waals surface area contributed by atoms with Crippen LogP contribution in [0.15, 0.2) is 321 Å². The molecule has 4 aromatic heterocycles. The van der Waals surface area contributed by atoms with Crippen LogP contribution in [0.3, 0.4) is 0 Å². The number of benzene rings is 11. The van der Waals surface area contributed by atoms with Gasteiger partial charge in [-0.2, -0.15) is 0 Å². The lowest BCUT2D eigenvalue weighted by atomic mass is 9.97. The summed E-state index contributed by atoms with van der Waals surface area (Å²) in [6.07, 6.45) is 19.3. The van der Waals surface area contributed by atoms with Gasteiger partial charge in [0.2, 0.25) is 0 Å². The molecular weight excluding hydrogens is 1180 g/mol. The number of hydrogen-bond acceptors (Lipinski definition) is 2. The number of hydrogen-bond donors (Lipinski definition) is 0. The second-order valence-electron chi connectivity index (χ2n) is 25.4. The minimum Gasteiger partial charge on any atom is -0.497 e. The summed E-state index contributed by atoms with van der Waals surface area (Å²) >= 11 is 1.86. The molecule has 0 N–H and O–H groups in total. The fourth-order valence-corrected chi connectivity index (χ4v) is 14.8. The average molecular weight is 1260 g/mol. The van der Waals surface area contributed by atoms with Crippen molar-refractivity contribution in [1.82, 2.24) is 13.7 Å². The van der Waals surface area contributed by atoms with Gasteiger partial charge in [0, 0.05) is 53.4 Å². The van der Waals surface area contributed by atoms with E-state index in [0.717, 1.165) is 35.9 Å². The number of para-hydroxylation sites is 1. The summed E-state index contributed by atoms with van der Waals surface area (Å²) in [5.74, 6) is 1.62. The molecule has 1 atom stereocenters. The summed E-state index contributed by atoms with van der Waals surface area (Å²) in [6, 6.07) is 101. The van der Waals surface area contributed by atoms with Crippen LogP contribution in [0.25, 0.3) is 132 Å². The number of allylic oxidation sites excluding steroid dienone is 9. The zero-order valence-corrected chi connectivity index (χ0v) is 55.8. The molecule has 4 heterocycles. The maximum absolute atomic E-state index is 5.47. The Morgan fingerprint density at radius 3 is 1.51 bits per heavy atom. The van der Waals surface area contributed by atoms with Crippen LogP contribution < -0.4 is 4.74 Å². The number of aryl methyl sites for hydroxylation is 1. The number of nitrogens with zero attached hydrogens (tertiary/aromatic N) is 3. The normalized spacial score (nSPS) is 13.8. The molecule has 0 radical (unpaired) electrons. The maximum Gasteiger partial charge on any atom is 0.119 e. The Morgan fingerprint density at radius 2 is 0.948 bits per heavy atom. The van der Waals surface area contributed by atoms with Crippen molar-refractivity contribution in [2.75, 3.05) is 7.11 Å². The van der Waals surface area contributed by atoms with E-state index in [9.17, 15) is 0 Å². The van der Waals surface area contributed by atoms with Crippen LogP contribution >= 0.6 is 11.3 Å². The Hall–Kier alpha value is -11.2. The van der Waals surface area contributed by atoms with Gasteiger partial charge in [0.15, 0.2) is 0 Å². The van der Waals surface area contributed by atoms with Crippen LogP contribution in [0.5, 0.6) is 5.75 Å². The van der Waals surface area contributed by atoms with E-state index in [1.165, 1.54) is 149 Å². The van der Waals surface area contributed by atoms with Crippen molar-refractivity contribution in [1.29, 1.82) is 0 Å². The van der Waals surface area contributed by atoms with E-state index in [-0.39, 0.29) is 0 Å². The number of thiophene rings is 1. The SMILES string of the molecule is C/C(=C\c1ccc(-c2ccc3cc(-c4ccccc4)n(-c4ccc5sc6ccccc6c5c4)c3c2)cc1C)c1ccccc1.CC1=CCC(C)C=C1.COc1ccc(-n2c(C3=CCCC=C3)cc3ccc(-c4ccc5cc(-c6ccccc6)n(-c6ccccc6)c5c4)cc32)cc1. The summed E-state index contributed by atoms with van der Waals surface area (Å²) in [5, 5.41) is 6.31. The lowest BCUT2D eigenvalue weighted by molar-refractivity contribution is 0.415. The van der Waals surface area contributed by atoms with Crippen LogP contribution in [0.4, 0.5) is 0 Å². The number of ether oxygens (including phenoxy) is 1. The smallest absolute Gasteiger partial charge is 0.119 e. The molecule has 11 aromatic carbocycles. The zero-order valence-electron chi connectivity index (χ0n) is 55.0. The molecule has 96 heavy (non-hydrogen) atoms. The van der Waals surface area contributed by atoms with Crippen molar-refractivity contribution in [2.24, 2.45) is 5.92 Å². The van der Waals surface area contributed by atoms with E-state index in [1.807, 2.05) is 23.5 Å². The zero-order chi connectivity index (χ0) is 65.1. The molecule has 0 fully saturated rings. The van der Waals surface area contributed by atoms with Gasteiger partial charge < -0.3 is 18.4 Å². The van der Waals surface area contributed by atoms with Gasteiger partial charge >= 0.3 is 0 Å². The van der Waals surface area contributed by atoms with Gasteiger partial charge in [0.05, 0.1) is 40.7 Å². The van der Waals surface area contributed by atoms with Crippen molar-refractivity contribution >= 4 is 81.4 Å². The lowest BCUT2D eigenvalue weighted by Crippen LogP contribution is -2.00. The van der Waals surface area contributed by atoms with Crippen molar-refractivity contribution < 1.29 is 4.74 Å². The van der Waals surface area contributed by atoms with E-state index in [1.54, 1.807) is 7.11 Å². The molecule has 5 heteroatoms. The van der Waals surface area contributed by atoms with Crippen LogP contribution in [0, 0.1) is 12.8 Å². The molecule has 0 saturated heterocycles. The standard InChI is InChI=1S/C42H31NS.C41H32N2O.C8H12/c1-28(30-11-5-3-6-12-30)23-32-17-18-33(24-29(32)2)34-19-20-35-26-39(31-13-7-4-8-14-31)43(40(35)25-34)36-21-22-42-38(27-36)37-15-9-10-16-41(37)44-42;1-44-37-23-21-36(22-24-37)43-39(30-13-7-3-8-14-30)28-34-20-18-32(26-41(34)43)31-17-19-33-27-38(29-11-5-2-6-12-29)42(40(33)25-31)35-15-9-4-10-16-35;1-7-3-5-8(2)6-4-7/h3-27H,1-2H3;2,4-7,9-28H,3,8H2,1H3;3-5,8H,6H2,1-2H3/b28-23+;;. The molecule has 1 unspecified atom stereocenters. The third-order valence-electron chi connectivity index (χ3n) is 18.8. The molecule has 2 aliphatic rings.